The summed E-state index contributed by atoms with van der Waals surface area (Å²) < 4.78 is 26.8. The van der Waals surface area contributed by atoms with E-state index in [0.29, 0.717) is 64.9 Å². The third kappa shape index (κ3) is 15.0. The number of carbonyl (C=O) groups is 4. The molecule has 0 aromatic carbocycles. The minimum Gasteiger partial charge on any atom is -0.481 e. The number of carboxylic acid groups (broad SMARTS) is 1. The molecule has 1 N–H and O–H groups in total. The second kappa shape index (κ2) is 23.0. The lowest BCUT2D eigenvalue weighted by Crippen LogP contribution is -2.41. The third-order valence-electron chi connectivity index (χ3n) is 11.6. The molecule has 2 aromatic heterocycles. The van der Waals surface area contributed by atoms with E-state index in [1.165, 1.54) is 64.2 Å². The number of amides is 2. The fourth-order valence-electron chi connectivity index (χ4n) is 8.47. The number of nitrogens with zero attached hydrogens (tertiary/aromatic N) is 6. The molecule has 2 aromatic rings. The molecule has 16 nitrogen and oxygen atoms in total. The number of carbonyl (C=O) groups excluding carboxylic acids is 3. The number of hydrogen-bond acceptors (Lipinski definition) is 13. The van der Waals surface area contributed by atoms with E-state index in [1.807, 2.05) is 20.8 Å². The van der Waals surface area contributed by atoms with Gasteiger partial charge in [0, 0.05) is 38.0 Å². The average molecular weight is 815 g/mol. The number of morpholine rings is 2. The van der Waals surface area contributed by atoms with E-state index in [2.05, 4.69) is 20.3 Å². The van der Waals surface area contributed by atoms with Crippen molar-refractivity contribution in [1.82, 2.24) is 30.1 Å². The zero-order valence-corrected chi connectivity index (χ0v) is 35.0. The largest absolute Gasteiger partial charge is 0.481 e. The maximum Gasteiger partial charge on any atom is 0.307 e. The van der Waals surface area contributed by atoms with Crippen molar-refractivity contribution in [2.75, 3.05) is 52.6 Å². The van der Waals surface area contributed by atoms with Crippen molar-refractivity contribution in [1.29, 1.82) is 0 Å². The van der Waals surface area contributed by atoms with Gasteiger partial charge in [-0.2, -0.15) is 9.97 Å². The summed E-state index contributed by atoms with van der Waals surface area (Å²) in [6, 6.07) is 0. The highest BCUT2D eigenvalue weighted by Crippen LogP contribution is 2.33. The van der Waals surface area contributed by atoms with Crippen LogP contribution >= 0.6 is 0 Å². The van der Waals surface area contributed by atoms with Crippen LogP contribution in [0.3, 0.4) is 0 Å². The van der Waals surface area contributed by atoms with Crippen LogP contribution < -0.4 is 0 Å². The summed E-state index contributed by atoms with van der Waals surface area (Å²) in [5.41, 5.74) is -0.546. The van der Waals surface area contributed by atoms with Gasteiger partial charge in [-0.25, -0.2) is 0 Å². The highest BCUT2D eigenvalue weighted by atomic mass is 16.6. The molecule has 16 heteroatoms. The summed E-state index contributed by atoms with van der Waals surface area (Å²) in [4.78, 5) is 60.8. The normalized spacial score (nSPS) is 19.5. The number of aliphatic carboxylic acids is 1. The summed E-state index contributed by atoms with van der Waals surface area (Å²) in [6.07, 6.45) is 18.9. The molecule has 2 aliphatic heterocycles. The van der Waals surface area contributed by atoms with Crippen molar-refractivity contribution in [3.8, 4) is 0 Å². The minimum absolute atomic E-state index is 0.00886. The van der Waals surface area contributed by atoms with Crippen molar-refractivity contribution < 1.29 is 47.5 Å². The van der Waals surface area contributed by atoms with E-state index in [0.717, 1.165) is 43.9 Å². The van der Waals surface area contributed by atoms with E-state index in [4.69, 9.17) is 23.3 Å². The van der Waals surface area contributed by atoms with Gasteiger partial charge in [0.15, 0.2) is 0 Å². The molecule has 2 aliphatic carbocycles. The van der Waals surface area contributed by atoms with Crippen LogP contribution in [0.25, 0.3) is 0 Å². The first kappa shape index (κ1) is 45.2. The van der Waals surface area contributed by atoms with E-state index in [9.17, 15) is 24.3 Å². The van der Waals surface area contributed by atoms with Crippen molar-refractivity contribution in [3.05, 3.63) is 23.4 Å². The van der Waals surface area contributed by atoms with Crippen LogP contribution in [-0.4, -0.2) is 117 Å². The molecule has 6 rings (SSSR count). The Hall–Kier alpha value is -3.92. The van der Waals surface area contributed by atoms with Crippen LogP contribution in [0.15, 0.2) is 9.05 Å². The lowest BCUT2D eigenvalue weighted by molar-refractivity contribution is -0.155. The molecule has 0 radical (unpaired) electrons. The van der Waals surface area contributed by atoms with Crippen molar-refractivity contribution in [3.63, 3.8) is 0 Å². The Morgan fingerprint density at radius 1 is 0.672 bits per heavy atom. The molecule has 2 amide bonds. The molecule has 4 fully saturated rings. The predicted molar refractivity (Wildman–Crippen MR) is 211 cm³/mol. The SMILES string of the molecule is CC(C)(C)OC(=O)C[C@@H](CCCC1CCCCC1)c1nc(C(=O)N2CCOCC2)no1.O=C(O)C[C@@H](CCCC1CCCCC1)c1nc(C(=O)N2CCOCC2)no1. The summed E-state index contributed by atoms with van der Waals surface area (Å²) in [5, 5.41) is 17.0. The Bertz CT molecular complexity index is 1570. The molecule has 4 heterocycles. The van der Waals surface area contributed by atoms with Crippen LogP contribution in [0.1, 0.15) is 181 Å². The molecule has 0 unspecified atom stereocenters. The Morgan fingerprint density at radius 3 is 1.48 bits per heavy atom. The molecule has 2 saturated heterocycles. The summed E-state index contributed by atoms with van der Waals surface area (Å²) in [7, 11) is 0. The van der Waals surface area contributed by atoms with Gasteiger partial charge < -0.3 is 38.2 Å². The standard InChI is InChI=1S/C23H37N3O5.C19H29N3O5/c1-23(2,3)30-19(27)16-18(11-7-10-17-8-5-4-6-9-17)21-24-20(25-31-21)22(28)26-12-14-29-15-13-26;23-16(24)13-15(8-4-7-14-5-2-1-3-6-14)18-20-17(21-27-18)19(25)22-9-11-26-12-10-22/h17-18H,4-16H2,1-3H3;14-15H,1-13H2,(H,23,24)/t18-;15-/m11/s1. The maximum absolute atomic E-state index is 12.7. The van der Waals surface area contributed by atoms with Gasteiger partial charge in [-0.15, -0.1) is 0 Å². The molecule has 0 spiro atoms. The minimum atomic E-state index is -0.892. The van der Waals surface area contributed by atoms with Gasteiger partial charge in [0.1, 0.15) is 5.60 Å². The van der Waals surface area contributed by atoms with Crippen LogP contribution in [-0.2, 0) is 23.8 Å². The first-order chi connectivity index (χ1) is 27.9. The highest BCUT2D eigenvalue weighted by Gasteiger charge is 2.30. The van der Waals surface area contributed by atoms with Crippen LogP contribution in [0.5, 0.6) is 0 Å². The lowest BCUT2D eigenvalue weighted by atomic mass is 9.84. The van der Waals surface area contributed by atoms with Gasteiger partial charge >= 0.3 is 11.9 Å². The molecule has 0 bridgehead atoms. The zero-order valence-electron chi connectivity index (χ0n) is 35.0. The number of aromatic nitrogens is 4. The number of esters is 1. The molecular formula is C42H66N6O10. The monoisotopic (exact) mass is 814 g/mol. The van der Waals surface area contributed by atoms with Gasteiger partial charge in [0.25, 0.3) is 23.5 Å². The maximum atomic E-state index is 12.7. The Labute approximate surface area is 342 Å². The summed E-state index contributed by atoms with van der Waals surface area (Å²) >= 11 is 0. The molecule has 4 aliphatic rings. The zero-order chi connectivity index (χ0) is 41.3. The number of hydrogen-bond donors (Lipinski definition) is 1. The Kier molecular flexibility index (Phi) is 17.9. The molecular weight excluding hydrogens is 748 g/mol. The number of rotatable bonds is 16. The van der Waals surface area contributed by atoms with Crippen molar-refractivity contribution in [2.45, 2.75) is 154 Å². The lowest BCUT2D eigenvalue weighted by Gasteiger charge is -2.25. The molecule has 2 saturated carbocycles. The van der Waals surface area contributed by atoms with Gasteiger partial charge in [-0.1, -0.05) is 100 Å². The van der Waals surface area contributed by atoms with Crippen molar-refractivity contribution >= 4 is 23.8 Å². The smallest absolute Gasteiger partial charge is 0.307 e. The Balaban J connectivity index is 0.000000223. The highest BCUT2D eigenvalue weighted by molar-refractivity contribution is 5.90. The molecule has 58 heavy (non-hydrogen) atoms. The average Bonchev–Trinajstić information content (AvgIpc) is 3.92. The van der Waals surface area contributed by atoms with Gasteiger partial charge in [0.2, 0.25) is 11.8 Å². The summed E-state index contributed by atoms with van der Waals surface area (Å²) in [6.45, 7) is 9.64. The van der Waals surface area contributed by atoms with E-state index in [-0.39, 0.29) is 60.0 Å². The predicted octanol–water partition coefficient (Wildman–Crippen LogP) is 6.96. The van der Waals surface area contributed by atoms with Crippen molar-refractivity contribution in [2.24, 2.45) is 11.8 Å². The molecule has 2 atom stereocenters. The first-order valence-corrected chi connectivity index (χ1v) is 21.8. The fraction of sp³-hybridized carbons (Fsp3) is 0.810. The fourth-order valence-corrected chi connectivity index (χ4v) is 8.47. The van der Waals surface area contributed by atoms with Gasteiger partial charge in [-0.3, -0.25) is 19.2 Å². The summed E-state index contributed by atoms with van der Waals surface area (Å²) in [5.74, 6) is -0.0893. The van der Waals surface area contributed by atoms with E-state index >= 15 is 0 Å². The first-order valence-electron chi connectivity index (χ1n) is 21.8. The van der Waals surface area contributed by atoms with E-state index in [1.54, 1.807) is 9.80 Å². The number of ether oxygens (including phenoxy) is 3. The topological polar surface area (TPSA) is 201 Å². The van der Waals surface area contributed by atoms with Gasteiger partial charge in [-0.05, 0) is 45.4 Å². The second-order valence-electron chi connectivity index (χ2n) is 17.4. The van der Waals surface area contributed by atoms with Crippen LogP contribution in [0.2, 0.25) is 0 Å². The Morgan fingerprint density at radius 2 is 1.09 bits per heavy atom. The molecule has 324 valence electrons. The van der Waals surface area contributed by atoms with E-state index < -0.39 is 11.6 Å². The van der Waals surface area contributed by atoms with Crippen LogP contribution in [0.4, 0.5) is 0 Å². The number of carboxylic acids is 1. The van der Waals surface area contributed by atoms with Crippen LogP contribution in [0, 0.1) is 11.8 Å². The van der Waals surface area contributed by atoms with Gasteiger partial charge in [0.05, 0.1) is 39.3 Å². The second-order valence-corrected chi connectivity index (χ2v) is 17.4. The quantitative estimate of drug-likeness (QED) is 0.171. The third-order valence-corrected chi connectivity index (χ3v) is 11.6.